The minimum absolute atomic E-state index is 0.518. The first-order valence-corrected chi connectivity index (χ1v) is 10.3. The molecule has 1 saturated carbocycles. The molecule has 0 atom stereocenters. The van der Waals surface area contributed by atoms with Gasteiger partial charge in [-0.1, -0.05) is 55.5 Å². The second-order valence-electron chi connectivity index (χ2n) is 7.78. The van der Waals surface area contributed by atoms with Gasteiger partial charge in [0.05, 0.1) is 10.7 Å². The fraction of sp³-hybridized carbons (Fsp3) is 0.458. The molecule has 0 aromatic carbocycles. The Hall–Kier alpha value is -2.29. The summed E-state index contributed by atoms with van der Waals surface area (Å²) in [5.74, 6) is 0.904. The molecule has 3 rings (SSSR count). The average molecular weight is 364 g/mol. The quantitative estimate of drug-likeness (QED) is 0.693. The highest BCUT2D eigenvalue weighted by Gasteiger charge is 2.23. The van der Waals surface area contributed by atoms with Crippen molar-refractivity contribution in [3.8, 4) is 0 Å². The highest BCUT2D eigenvalue weighted by molar-refractivity contribution is 5.43. The summed E-state index contributed by atoms with van der Waals surface area (Å²) in [6, 6.07) is 0.518. The van der Waals surface area contributed by atoms with Crippen LogP contribution in [0.3, 0.4) is 0 Å². The monoisotopic (exact) mass is 363 g/mol. The number of nitrogens with zero attached hydrogens (tertiary/aromatic N) is 2. The summed E-state index contributed by atoms with van der Waals surface area (Å²) in [7, 11) is 0. The van der Waals surface area contributed by atoms with E-state index in [1.165, 1.54) is 36.8 Å². The average Bonchev–Trinajstić information content (AvgIpc) is 2.93. The Bertz CT molecular complexity index is 875. The van der Waals surface area contributed by atoms with Gasteiger partial charge in [0.15, 0.2) is 0 Å². The molecule has 27 heavy (non-hydrogen) atoms. The van der Waals surface area contributed by atoms with Crippen molar-refractivity contribution in [3.63, 3.8) is 0 Å². The zero-order valence-corrected chi connectivity index (χ0v) is 16.9. The third-order valence-corrected chi connectivity index (χ3v) is 5.70. The lowest BCUT2D eigenvalue weighted by molar-refractivity contribution is 0.312. The molecule has 1 aromatic heterocycles. The van der Waals surface area contributed by atoms with Gasteiger partial charge in [0.1, 0.15) is 0 Å². The number of nitrogens with one attached hydrogen (secondary N) is 1. The highest BCUT2D eigenvalue weighted by Crippen LogP contribution is 2.32. The highest BCUT2D eigenvalue weighted by atomic mass is 15.2. The number of allylic oxidation sites excluding steroid dienone is 7. The minimum Gasteiger partial charge on any atom is -0.330 e. The van der Waals surface area contributed by atoms with Crippen molar-refractivity contribution in [2.24, 2.45) is 0 Å². The smallest absolute Gasteiger partial charge is 0.208 e. The van der Waals surface area contributed by atoms with E-state index in [-0.39, 0.29) is 0 Å². The number of imidazole rings is 1. The molecule has 1 aromatic rings. The second kappa shape index (κ2) is 9.07. The third kappa shape index (κ3) is 4.91. The van der Waals surface area contributed by atoms with E-state index in [0.29, 0.717) is 6.04 Å². The zero-order chi connectivity index (χ0) is 19.2. The maximum absolute atomic E-state index is 4.86. The van der Waals surface area contributed by atoms with E-state index in [9.17, 15) is 0 Å². The predicted octanol–water partition coefficient (Wildman–Crippen LogP) is 5.14. The topological polar surface area (TPSA) is 29.9 Å². The van der Waals surface area contributed by atoms with E-state index in [2.05, 4.69) is 67.3 Å². The molecule has 3 nitrogen and oxygen atoms in total. The number of hydrogen-bond donors (Lipinski definition) is 1. The van der Waals surface area contributed by atoms with Gasteiger partial charge in [0.25, 0.3) is 0 Å². The van der Waals surface area contributed by atoms with Gasteiger partial charge in [-0.3, -0.25) is 0 Å². The molecular weight excluding hydrogens is 330 g/mol. The van der Waals surface area contributed by atoms with Crippen LogP contribution in [0.25, 0.3) is 12.7 Å². The van der Waals surface area contributed by atoms with Crippen LogP contribution in [0.1, 0.15) is 71.3 Å². The van der Waals surface area contributed by atoms with Gasteiger partial charge >= 0.3 is 0 Å². The number of anilines is 1. The Morgan fingerprint density at radius 2 is 2.22 bits per heavy atom. The van der Waals surface area contributed by atoms with E-state index in [0.717, 1.165) is 48.0 Å². The first-order chi connectivity index (χ1) is 13.1. The van der Waals surface area contributed by atoms with Crippen molar-refractivity contribution in [2.75, 3.05) is 5.32 Å². The molecule has 0 aliphatic heterocycles. The molecule has 0 saturated heterocycles. The number of rotatable bonds is 8. The van der Waals surface area contributed by atoms with Gasteiger partial charge < -0.3 is 9.88 Å². The molecule has 2 aliphatic carbocycles. The molecule has 144 valence electrons. The van der Waals surface area contributed by atoms with Crippen LogP contribution in [0, 0.1) is 0 Å². The number of aromatic nitrogens is 2. The van der Waals surface area contributed by atoms with Crippen molar-refractivity contribution < 1.29 is 0 Å². The van der Waals surface area contributed by atoms with Crippen LogP contribution in [-0.4, -0.2) is 9.55 Å². The van der Waals surface area contributed by atoms with E-state index in [1.54, 1.807) is 0 Å². The Morgan fingerprint density at radius 1 is 1.41 bits per heavy atom. The van der Waals surface area contributed by atoms with Crippen LogP contribution < -0.4 is 16.0 Å². The van der Waals surface area contributed by atoms with Gasteiger partial charge in [-0.05, 0) is 64.4 Å². The normalized spacial score (nSPS) is 18.4. The maximum atomic E-state index is 4.86. The van der Waals surface area contributed by atoms with E-state index in [4.69, 9.17) is 4.98 Å². The van der Waals surface area contributed by atoms with Crippen LogP contribution in [-0.2, 0) is 0 Å². The summed E-state index contributed by atoms with van der Waals surface area (Å²) in [6.45, 7) is 12.9. The summed E-state index contributed by atoms with van der Waals surface area (Å²) in [6.07, 6.45) is 20.0. The van der Waals surface area contributed by atoms with Crippen molar-refractivity contribution in [3.05, 3.63) is 58.4 Å². The molecule has 0 bridgehead atoms. The van der Waals surface area contributed by atoms with Crippen LogP contribution >= 0.6 is 0 Å². The first kappa shape index (κ1) is 19.5. The van der Waals surface area contributed by atoms with Crippen molar-refractivity contribution in [2.45, 2.75) is 71.3 Å². The summed E-state index contributed by atoms with van der Waals surface area (Å²) >= 11 is 0. The molecule has 2 aliphatic rings. The lowest BCUT2D eigenvalue weighted by Gasteiger charge is -2.29. The molecule has 1 heterocycles. The summed E-state index contributed by atoms with van der Waals surface area (Å²) in [4.78, 5) is 4.86. The van der Waals surface area contributed by atoms with Gasteiger partial charge in [0, 0.05) is 11.7 Å². The van der Waals surface area contributed by atoms with Gasteiger partial charge in [0.2, 0.25) is 5.95 Å². The van der Waals surface area contributed by atoms with E-state index < -0.39 is 0 Å². The van der Waals surface area contributed by atoms with E-state index in [1.807, 2.05) is 0 Å². The fourth-order valence-electron chi connectivity index (χ4n) is 3.48. The summed E-state index contributed by atoms with van der Waals surface area (Å²) in [5.41, 5.74) is 3.89. The summed E-state index contributed by atoms with van der Waals surface area (Å²) in [5, 5.41) is 5.47. The molecule has 3 heteroatoms. The van der Waals surface area contributed by atoms with Crippen LogP contribution in [0.15, 0.2) is 47.7 Å². The molecule has 1 fully saturated rings. The van der Waals surface area contributed by atoms with Crippen LogP contribution in [0.5, 0.6) is 0 Å². The largest absolute Gasteiger partial charge is 0.330 e. The Balaban J connectivity index is 1.77. The third-order valence-electron chi connectivity index (χ3n) is 5.70. The first-order valence-electron chi connectivity index (χ1n) is 10.3. The number of hydrogen-bond acceptors (Lipinski definition) is 2. The predicted molar refractivity (Wildman–Crippen MR) is 117 cm³/mol. The van der Waals surface area contributed by atoms with Crippen molar-refractivity contribution >= 4 is 18.6 Å². The van der Waals surface area contributed by atoms with E-state index >= 15 is 0 Å². The Kier molecular flexibility index (Phi) is 6.54. The van der Waals surface area contributed by atoms with Gasteiger partial charge in [-0.2, -0.15) is 0 Å². The SMILES string of the molecule is C=C(CCC1=CC=CCC1)Nc1n/c(=C/C=C(/C)CC)c(=C)n1C1CCC1. The van der Waals surface area contributed by atoms with Crippen molar-refractivity contribution in [1.29, 1.82) is 0 Å². The standard InChI is InChI=1S/C24H33N3/c1-5-18(2)14-17-23-20(4)27(22-12-9-13-22)24(26-23)25-19(3)15-16-21-10-7-6-8-11-21/h6-7,10,14,17,22H,3-5,8-9,11-13,15-16H2,1-2H3,(H,25,26)/b18-14-,23-17+. The van der Waals surface area contributed by atoms with Gasteiger partial charge in [-0.15, -0.1) is 0 Å². The maximum Gasteiger partial charge on any atom is 0.208 e. The second-order valence-corrected chi connectivity index (χ2v) is 7.78. The molecule has 0 amide bonds. The van der Waals surface area contributed by atoms with Crippen molar-refractivity contribution in [1.82, 2.24) is 9.55 Å². The summed E-state index contributed by atoms with van der Waals surface area (Å²) < 4.78 is 2.29. The van der Waals surface area contributed by atoms with Crippen LogP contribution in [0.4, 0.5) is 5.95 Å². The molecule has 1 N–H and O–H groups in total. The molecule has 0 unspecified atom stereocenters. The Labute approximate surface area is 163 Å². The molecule has 0 radical (unpaired) electrons. The minimum atomic E-state index is 0.518. The lowest BCUT2D eigenvalue weighted by atomic mass is 9.93. The Morgan fingerprint density at radius 3 is 2.85 bits per heavy atom. The molecule has 0 spiro atoms. The van der Waals surface area contributed by atoms with Crippen LogP contribution in [0.2, 0.25) is 0 Å². The fourth-order valence-corrected chi connectivity index (χ4v) is 3.48. The van der Waals surface area contributed by atoms with Gasteiger partial charge in [-0.25, -0.2) is 4.98 Å². The zero-order valence-electron chi connectivity index (χ0n) is 16.9. The molecular formula is C24H33N3. The lowest BCUT2D eigenvalue weighted by Crippen LogP contribution is -2.33.